The molecule has 1 unspecified atom stereocenters. The maximum absolute atomic E-state index is 13.4. The minimum Gasteiger partial charge on any atom is -0.490 e. The van der Waals surface area contributed by atoms with E-state index in [2.05, 4.69) is 12.2 Å². The first-order valence-electron chi connectivity index (χ1n) is 6.53. The van der Waals surface area contributed by atoms with Gasteiger partial charge in [-0.1, -0.05) is 24.9 Å². The van der Waals surface area contributed by atoms with Gasteiger partial charge in [0.05, 0.1) is 5.02 Å². The van der Waals surface area contributed by atoms with E-state index in [1.807, 2.05) is 0 Å². The van der Waals surface area contributed by atoms with Crippen LogP contribution in [0.4, 0.5) is 4.39 Å². The molecule has 18 heavy (non-hydrogen) atoms. The van der Waals surface area contributed by atoms with Crippen molar-refractivity contribution in [3.8, 4) is 5.75 Å². The van der Waals surface area contributed by atoms with E-state index in [4.69, 9.17) is 16.3 Å². The molecule has 0 aromatic heterocycles. The Morgan fingerprint density at radius 2 is 2.39 bits per heavy atom. The van der Waals surface area contributed by atoms with E-state index in [1.165, 1.54) is 6.07 Å². The molecule has 2 atom stereocenters. The third kappa shape index (κ3) is 3.36. The van der Waals surface area contributed by atoms with Gasteiger partial charge in [0.25, 0.3) is 0 Å². The predicted molar refractivity (Wildman–Crippen MR) is 71.7 cm³/mol. The second-order valence-electron chi connectivity index (χ2n) is 4.77. The van der Waals surface area contributed by atoms with Gasteiger partial charge in [-0.15, -0.1) is 0 Å². The van der Waals surface area contributed by atoms with Gasteiger partial charge < -0.3 is 10.1 Å². The molecule has 2 nitrogen and oxygen atoms in total. The smallest absolute Gasteiger partial charge is 0.145 e. The molecule has 2 rings (SSSR count). The summed E-state index contributed by atoms with van der Waals surface area (Å²) in [6, 6.07) is 4.64. The van der Waals surface area contributed by atoms with Crippen LogP contribution in [0, 0.1) is 11.7 Å². The van der Waals surface area contributed by atoms with Gasteiger partial charge in [-0.25, -0.2) is 4.39 Å². The van der Waals surface area contributed by atoms with Crippen molar-refractivity contribution in [1.29, 1.82) is 0 Å². The summed E-state index contributed by atoms with van der Waals surface area (Å²) < 4.78 is 19.3. The van der Waals surface area contributed by atoms with Crippen LogP contribution >= 0.6 is 11.6 Å². The van der Waals surface area contributed by atoms with E-state index in [9.17, 15) is 4.39 Å². The Hall–Kier alpha value is -0.800. The van der Waals surface area contributed by atoms with E-state index in [0.717, 1.165) is 32.4 Å². The molecule has 4 heteroatoms. The number of hydrogen-bond donors (Lipinski definition) is 1. The molecular weight excluding hydrogens is 253 g/mol. The summed E-state index contributed by atoms with van der Waals surface area (Å²) in [7, 11) is 0. The molecule has 1 aromatic carbocycles. The lowest BCUT2D eigenvalue weighted by Crippen LogP contribution is -2.28. The summed E-state index contributed by atoms with van der Waals surface area (Å²) in [5.41, 5.74) is 0. The Labute approximate surface area is 112 Å². The second kappa shape index (κ2) is 6.39. The van der Waals surface area contributed by atoms with Crippen LogP contribution in [0.15, 0.2) is 18.2 Å². The zero-order valence-electron chi connectivity index (χ0n) is 10.6. The normalized spacial score (nSPS) is 20.9. The van der Waals surface area contributed by atoms with Crippen LogP contribution in [0.1, 0.15) is 26.2 Å². The molecule has 0 radical (unpaired) electrons. The van der Waals surface area contributed by atoms with E-state index >= 15 is 0 Å². The SMILES string of the molecule is CCC[C@@H](Oc1ccc(Cl)c(F)c1)C1CCNC1. The summed E-state index contributed by atoms with van der Waals surface area (Å²) >= 11 is 5.66. The van der Waals surface area contributed by atoms with Gasteiger partial charge in [0.1, 0.15) is 17.7 Å². The number of nitrogens with one attached hydrogen (secondary N) is 1. The second-order valence-corrected chi connectivity index (χ2v) is 5.18. The third-order valence-electron chi connectivity index (χ3n) is 3.38. The van der Waals surface area contributed by atoms with Gasteiger partial charge in [-0.2, -0.15) is 0 Å². The van der Waals surface area contributed by atoms with Gasteiger partial charge in [0, 0.05) is 18.5 Å². The average molecular weight is 272 g/mol. The maximum atomic E-state index is 13.4. The Kier molecular flexibility index (Phi) is 4.84. The number of rotatable bonds is 5. The van der Waals surface area contributed by atoms with E-state index in [0.29, 0.717) is 11.7 Å². The Balaban J connectivity index is 2.04. The fourth-order valence-electron chi connectivity index (χ4n) is 2.39. The lowest BCUT2D eigenvalue weighted by Gasteiger charge is -2.24. The summed E-state index contributed by atoms with van der Waals surface area (Å²) in [6.45, 7) is 4.17. The molecule has 1 heterocycles. The van der Waals surface area contributed by atoms with Crippen LogP contribution in [0.25, 0.3) is 0 Å². The standard InChI is InChI=1S/C14H19ClFNO/c1-2-3-14(10-6-7-17-9-10)18-11-4-5-12(15)13(16)8-11/h4-5,8,10,14,17H,2-3,6-7,9H2,1H3/t10?,14-/m1/s1. The molecule has 0 bridgehead atoms. The van der Waals surface area contributed by atoms with Crippen molar-refractivity contribution in [2.45, 2.75) is 32.3 Å². The zero-order valence-corrected chi connectivity index (χ0v) is 11.3. The van der Waals surface area contributed by atoms with Crippen LogP contribution in [-0.4, -0.2) is 19.2 Å². The number of benzene rings is 1. The molecule has 1 aliphatic rings. The van der Waals surface area contributed by atoms with Gasteiger partial charge in [0.2, 0.25) is 0 Å². The van der Waals surface area contributed by atoms with Crippen molar-refractivity contribution in [2.24, 2.45) is 5.92 Å². The molecular formula is C14H19ClFNO. The van der Waals surface area contributed by atoms with Crippen molar-refractivity contribution in [3.63, 3.8) is 0 Å². The van der Waals surface area contributed by atoms with E-state index in [-0.39, 0.29) is 11.1 Å². The Bertz CT molecular complexity index is 393. The van der Waals surface area contributed by atoms with Crippen molar-refractivity contribution in [1.82, 2.24) is 5.32 Å². The molecule has 1 fully saturated rings. The quantitative estimate of drug-likeness (QED) is 0.883. The summed E-state index contributed by atoms with van der Waals surface area (Å²) in [5.74, 6) is 0.667. The number of halogens is 2. The lowest BCUT2D eigenvalue weighted by molar-refractivity contribution is 0.132. The highest BCUT2D eigenvalue weighted by Gasteiger charge is 2.25. The number of ether oxygens (including phenoxy) is 1. The highest BCUT2D eigenvalue weighted by molar-refractivity contribution is 6.30. The van der Waals surface area contributed by atoms with Gasteiger partial charge in [-0.3, -0.25) is 0 Å². The largest absolute Gasteiger partial charge is 0.490 e. The monoisotopic (exact) mass is 271 g/mol. The third-order valence-corrected chi connectivity index (χ3v) is 3.68. The minimum absolute atomic E-state index is 0.136. The van der Waals surface area contributed by atoms with Crippen LogP contribution < -0.4 is 10.1 Å². The minimum atomic E-state index is -0.422. The Morgan fingerprint density at radius 3 is 3.00 bits per heavy atom. The molecule has 0 aliphatic carbocycles. The van der Waals surface area contributed by atoms with Crippen LogP contribution in [0.2, 0.25) is 5.02 Å². The Morgan fingerprint density at radius 1 is 1.56 bits per heavy atom. The van der Waals surface area contributed by atoms with E-state index < -0.39 is 5.82 Å². The summed E-state index contributed by atoms with van der Waals surface area (Å²) in [4.78, 5) is 0. The summed E-state index contributed by atoms with van der Waals surface area (Å²) in [6.07, 6.45) is 3.35. The van der Waals surface area contributed by atoms with Crippen molar-refractivity contribution in [2.75, 3.05) is 13.1 Å². The highest BCUT2D eigenvalue weighted by Crippen LogP contribution is 2.26. The van der Waals surface area contributed by atoms with Crippen molar-refractivity contribution >= 4 is 11.6 Å². The van der Waals surface area contributed by atoms with Crippen LogP contribution in [0.3, 0.4) is 0 Å². The predicted octanol–water partition coefficient (Wildman–Crippen LogP) is 3.64. The molecule has 1 saturated heterocycles. The van der Waals surface area contributed by atoms with E-state index in [1.54, 1.807) is 12.1 Å². The maximum Gasteiger partial charge on any atom is 0.145 e. The average Bonchev–Trinajstić information content (AvgIpc) is 2.87. The molecule has 0 amide bonds. The first-order valence-corrected chi connectivity index (χ1v) is 6.91. The lowest BCUT2D eigenvalue weighted by atomic mass is 9.97. The number of hydrogen-bond acceptors (Lipinski definition) is 2. The van der Waals surface area contributed by atoms with Gasteiger partial charge >= 0.3 is 0 Å². The van der Waals surface area contributed by atoms with Gasteiger partial charge in [-0.05, 0) is 31.5 Å². The molecule has 1 aliphatic heterocycles. The fraction of sp³-hybridized carbons (Fsp3) is 0.571. The molecule has 1 N–H and O–H groups in total. The van der Waals surface area contributed by atoms with Crippen LogP contribution in [-0.2, 0) is 0 Å². The molecule has 0 saturated carbocycles. The first-order chi connectivity index (χ1) is 8.70. The van der Waals surface area contributed by atoms with Crippen molar-refractivity contribution < 1.29 is 9.13 Å². The first kappa shape index (κ1) is 13.6. The highest BCUT2D eigenvalue weighted by atomic mass is 35.5. The van der Waals surface area contributed by atoms with Gasteiger partial charge in [0.15, 0.2) is 0 Å². The summed E-state index contributed by atoms with van der Waals surface area (Å²) in [5, 5.41) is 3.48. The molecule has 1 aromatic rings. The van der Waals surface area contributed by atoms with Crippen molar-refractivity contribution in [3.05, 3.63) is 29.0 Å². The van der Waals surface area contributed by atoms with Crippen LogP contribution in [0.5, 0.6) is 5.75 Å². The molecule has 0 spiro atoms. The molecule has 100 valence electrons. The fourth-order valence-corrected chi connectivity index (χ4v) is 2.51. The zero-order chi connectivity index (χ0) is 13.0. The topological polar surface area (TPSA) is 21.3 Å².